The van der Waals surface area contributed by atoms with Gasteiger partial charge in [0.15, 0.2) is 0 Å². The third kappa shape index (κ3) is 2.71. The molecule has 1 atom stereocenters. The van der Waals surface area contributed by atoms with Gasteiger partial charge < -0.3 is 11.5 Å². The van der Waals surface area contributed by atoms with Gasteiger partial charge in [0.1, 0.15) is 0 Å². The Labute approximate surface area is 87.4 Å². The summed E-state index contributed by atoms with van der Waals surface area (Å²) in [5.41, 5.74) is 13.3. The second kappa shape index (κ2) is 4.63. The summed E-state index contributed by atoms with van der Waals surface area (Å²) in [5, 5.41) is 0. The lowest BCUT2D eigenvalue weighted by Crippen LogP contribution is -2.04. The van der Waals surface area contributed by atoms with Gasteiger partial charge >= 0.3 is 0 Å². The summed E-state index contributed by atoms with van der Waals surface area (Å²) < 4.78 is 0.955. The summed E-state index contributed by atoms with van der Waals surface area (Å²) in [6.07, 6.45) is 1.00. The lowest BCUT2D eigenvalue weighted by Gasteiger charge is -2.11. The molecule has 3 heteroatoms. The second-order valence-corrected chi connectivity index (χ2v) is 4.11. The van der Waals surface area contributed by atoms with Gasteiger partial charge in [-0.05, 0) is 52.5 Å². The zero-order valence-electron chi connectivity index (χ0n) is 7.76. The summed E-state index contributed by atoms with van der Waals surface area (Å²) in [6.45, 7) is 2.88. The Morgan fingerprint density at radius 2 is 2.15 bits per heavy atom. The van der Waals surface area contributed by atoms with Crippen LogP contribution >= 0.6 is 15.9 Å². The topological polar surface area (TPSA) is 52.0 Å². The zero-order valence-corrected chi connectivity index (χ0v) is 9.34. The van der Waals surface area contributed by atoms with Gasteiger partial charge in [-0.2, -0.15) is 0 Å². The van der Waals surface area contributed by atoms with Crippen LogP contribution in [0.2, 0.25) is 0 Å². The Bertz CT molecular complexity index is 286. The summed E-state index contributed by atoms with van der Waals surface area (Å²) in [5.74, 6) is 0.486. The molecule has 4 N–H and O–H groups in total. The number of anilines is 1. The van der Waals surface area contributed by atoms with Crippen molar-refractivity contribution in [3.05, 3.63) is 28.2 Å². The fraction of sp³-hybridized carbons (Fsp3) is 0.400. The van der Waals surface area contributed by atoms with Crippen LogP contribution in [0.15, 0.2) is 22.7 Å². The Hall–Kier alpha value is -0.540. The first-order chi connectivity index (χ1) is 6.15. The molecule has 0 spiro atoms. The van der Waals surface area contributed by atoms with Crippen LogP contribution in [0.1, 0.15) is 24.8 Å². The van der Waals surface area contributed by atoms with E-state index in [9.17, 15) is 0 Å². The summed E-state index contributed by atoms with van der Waals surface area (Å²) in [7, 11) is 0. The highest BCUT2D eigenvalue weighted by molar-refractivity contribution is 9.10. The quantitative estimate of drug-likeness (QED) is 0.801. The molecule has 13 heavy (non-hydrogen) atoms. The predicted molar refractivity (Wildman–Crippen MR) is 60.6 cm³/mol. The first kappa shape index (κ1) is 10.5. The molecule has 2 nitrogen and oxygen atoms in total. The lowest BCUT2D eigenvalue weighted by atomic mass is 9.97. The van der Waals surface area contributed by atoms with Gasteiger partial charge in [0.2, 0.25) is 0 Å². The highest BCUT2D eigenvalue weighted by atomic mass is 79.9. The van der Waals surface area contributed by atoms with Crippen LogP contribution in [0, 0.1) is 0 Å². The van der Waals surface area contributed by atoms with Crippen molar-refractivity contribution in [1.82, 2.24) is 0 Å². The average molecular weight is 243 g/mol. The molecule has 1 aromatic carbocycles. The van der Waals surface area contributed by atoms with Crippen LogP contribution in [0.25, 0.3) is 0 Å². The number of nitrogen functional groups attached to an aromatic ring is 1. The smallest absolute Gasteiger partial charge is 0.0461 e. The molecule has 1 rings (SSSR count). The molecule has 1 aromatic rings. The van der Waals surface area contributed by atoms with E-state index < -0.39 is 0 Å². The second-order valence-electron chi connectivity index (χ2n) is 3.26. The zero-order chi connectivity index (χ0) is 9.84. The van der Waals surface area contributed by atoms with Gasteiger partial charge in [0.05, 0.1) is 0 Å². The first-order valence-corrected chi connectivity index (χ1v) is 5.19. The minimum Gasteiger partial charge on any atom is -0.398 e. The molecule has 0 radical (unpaired) electrons. The van der Waals surface area contributed by atoms with Crippen molar-refractivity contribution in [3.8, 4) is 0 Å². The summed E-state index contributed by atoms with van der Waals surface area (Å²) in [4.78, 5) is 0. The Kier molecular flexibility index (Phi) is 3.75. The van der Waals surface area contributed by atoms with Crippen LogP contribution in [0.4, 0.5) is 5.69 Å². The fourth-order valence-corrected chi connectivity index (χ4v) is 1.53. The van der Waals surface area contributed by atoms with E-state index in [2.05, 4.69) is 28.9 Å². The normalized spacial score (nSPS) is 12.8. The van der Waals surface area contributed by atoms with E-state index in [1.807, 2.05) is 12.1 Å². The van der Waals surface area contributed by atoms with Gasteiger partial charge in [0.25, 0.3) is 0 Å². The Morgan fingerprint density at radius 1 is 1.46 bits per heavy atom. The average Bonchev–Trinajstić information content (AvgIpc) is 2.10. The standard InChI is InChI=1S/C10H15BrN2/c1-7(4-5-12)8-2-3-9(11)10(13)6-8/h2-3,6-7H,4-5,12-13H2,1H3. The van der Waals surface area contributed by atoms with Crippen molar-refractivity contribution in [2.75, 3.05) is 12.3 Å². The van der Waals surface area contributed by atoms with Crippen molar-refractivity contribution in [3.63, 3.8) is 0 Å². The predicted octanol–water partition coefficient (Wildman–Crippen LogP) is 2.48. The molecule has 72 valence electrons. The van der Waals surface area contributed by atoms with Crippen molar-refractivity contribution in [1.29, 1.82) is 0 Å². The first-order valence-electron chi connectivity index (χ1n) is 4.40. The minimum atomic E-state index is 0.486. The van der Waals surface area contributed by atoms with Gasteiger partial charge in [-0.15, -0.1) is 0 Å². The largest absolute Gasteiger partial charge is 0.398 e. The van der Waals surface area contributed by atoms with Gasteiger partial charge in [-0.3, -0.25) is 0 Å². The molecule has 0 fully saturated rings. The number of hydrogen-bond donors (Lipinski definition) is 2. The molecule has 0 bridgehead atoms. The van der Waals surface area contributed by atoms with E-state index in [0.717, 1.165) is 23.1 Å². The molecule has 0 amide bonds. The van der Waals surface area contributed by atoms with Crippen LogP contribution in [-0.4, -0.2) is 6.54 Å². The fourth-order valence-electron chi connectivity index (χ4n) is 1.29. The third-order valence-corrected chi connectivity index (χ3v) is 2.91. The highest BCUT2D eigenvalue weighted by Gasteiger charge is 2.05. The molecular formula is C10H15BrN2. The molecule has 1 unspecified atom stereocenters. The summed E-state index contributed by atoms with van der Waals surface area (Å²) >= 11 is 3.37. The van der Waals surface area contributed by atoms with Gasteiger partial charge in [-0.25, -0.2) is 0 Å². The maximum Gasteiger partial charge on any atom is 0.0461 e. The van der Waals surface area contributed by atoms with Crippen LogP contribution in [0.3, 0.4) is 0 Å². The van der Waals surface area contributed by atoms with Crippen LogP contribution < -0.4 is 11.5 Å². The monoisotopic (exact) mass is 242 g/mol. The third-order valence-electron chi connectivity index (χ3n) is 2.19. The van der Waals surface area contributed by atoms with E-state index in [4.69, 9.17) is 11.5 Å². The maximum absolute atomic E-state index is 5.78. The van der Waals surface area contributed by atoms with E-state index >= 15 is 0 Å². The number of rotatable bonds is 3. The van der Waals surface area contributed by atoms with Crippen LogP contribution in [0.5, 0.6) is 0 Å². The molecule has 0 aliphatic heterocycles. The van der Waals surface area contributed by atoms with Crippen LogP contribution in [-0.2, 0) is 0 Å². The molecule has 0 aliphatic carbocycles. The van der Waals surface area contributed by atoms with Gasteiger partial charge in [0, 0.05) is 10.2 Å². The summed E-state index contributed by atoms with van der Waals surface area (Å²) in [6, 6.07) is 6.07. The van der Waals surface area contributed by atoms with E-state index in [1.165, 1.54) is 5.56 Å². The van der Waals surface area contributed by atoms with Crippen molar-refractivity contribution < 1.29 is 0 Å². The van der Waals surface area contributed by atoms with Crippen molar-refractivity contribution in [2.45, 2.75) is 19.3 Å². The molecule has 0 saturated heterocycles. The molecular weight excluding hydrogens is 228 g/mol. The maximum atomic E-state index is 5.78. The molecule has 0 saturated carbocycles. The van der Waals surface area contributed by atoms with E-state index in [0.29, 0.717) is 5.92 Å². The Balaban J connectivity index is 2.84. The number of nitrogens with two attached hydrogens (primary N) is 2. The Morgan fingerprint density at radius 3 is 2.69 bits per heavy atom. The minimum absolute atomic E-state index is 0.486. The van der Waals surface area contributed by atoms with E-state index in [-0.39, 0.29) is 0 Å². The molecule has 0 heterocycles. The number of hydrogen-bond acceptors (Lipinski definition) is 2. The lowest BCUT2D eigenvalue weighted by molar-refractivity contribution is 0.690. The number of benzene rings is 1. The molecule has 0 aliphatic rings. The van der Waals surface area contributed by atoms with E-state index in [1.54, 1.807) is 0 Å². The molecule has 0 aromatic heterocycles. The van der Waals surface area contributed by atoms with Crippen molar-refractivity contribution >= 4 is 21.6 Å². The van der Waals surface area contributed by atoms with Gasteiger partial charge in [-0.1, -0.05) is 13.0 Å². The van der Waals surface area contributed by atoms with Crippen molar-refractivity contribution in [2.24, 2.45) is 5.73 Å². The SMILES string of the molecule is CC(CCN)c1ccc(Br)c(N)c1. The highest BCUT2D eigenvalue weighted by Crippen LogP contribution is 2.25. The number of halogens is 1.